The molecule has 1 aliphatic carbocycles. The Labute approximate surface area is 166 Å². The lowest BCUT2D eigenvalue weighted by Crippen LogP contribution is -2.35. The summed E-state index contributed by atoms with van der Waals surface area (Å²) >= 11 is 0. The van der Waals surface area contributed by atoms with Crippen molar-refractivity contribution >= 4 is 0 Å². The summed E-state index contributed by atoms with van der Waals surface area (Å²) in [6.45, 7) is 10.1. The van der Waals surface area contributed by atoms with E-state index in [0.717, 1.165) is 18.8 Å². The molecule has 1 fully saturated rings. The Hall–Kier alpha value is -1.86. The van der Waals surface area contributed by atoms with Crippen LogP contribution in [0.15, 0.2) is 78.4 Å². The number of likely N-dealkylation sites (tertiary alicyclic amines) is 1. The smallest absolute Gasteiger partial charge is 0.0101 e. The van der Waals surface area contributed by atoms with Crippen molar-refractivity contribution < 1.29 is 0 Å². The van der Waals surface area contributed by atoms with Gasteiger partial charge in [0, 0.05) is 5.92 Å². The molecule has 0 radical (unpaired) electrons. The fraction of sp³-hybridized carbons (Fsp3) is 0.462. The third kappa shape index (κ3) is 6.07. The normalized spacial score (nSPS) is 19.5. The fourth-order valence-electron chi connectivity index (χ4n) is 4.32. The topological polar surface area (TPSA) is 3.24 Å². The second kappa shape index (κ2) is 10.5. The van der Waals surface area contributed by atoms with Gasteiger partial charge in [0.1, 0.15) is 0 Å². The first-order chi connectivity index (χ1) is 13.3. The molecule has 1 heteroatoms. The van der Waals surface area contributed by atoms with Crippen LogP contribution in [0.5, 0.6) is 0 Å². The first-order valence-electron chi connectivity index (χ1n) is 10.7. The minimum atomic E-state index is 0.489. The van der Waals surface area contributed by atoms with Crippen molar-refractivity contribution in [2.45, 2.75) is 51.4 Å². The van der Waals surface area contributed by atoms with E-state index in [9.17, 15) is 0 Å². The molecular formula is C26H35N. The molecule has 1 aromatic carbocycles. The molecule has 0 spiro atoms. The van der Waals surface area contributed by atoms with Crippen molar-refractivity contribution in [1.82, 2.24) is 4.90 Å². The number of rotatable bonds is 8. The lowest BCUT2D eigenvalue weighted by atomic mass is 9.86. The summed E-state index contributed by atoms with van der Waals surface area (Å²) in [4.78, 5) is 2.68. The largest absolute Gasteiger partial charge is 0.303 e. The van der Waals surface area contributed by atoms with E-state index in [1.165, 1.54) is 62.0 Å². The lowest BCUT2D eigenvalue weighted by molar-refractivity contribution is 0.180. The van der Waals surface area contributed by atoms with Gasteiger partial charge in [0.15, 0.2) is 0 Å². The van der Waals surface area contributed by atoms with Crippen molar-refractivity contribution in [2.24, 2.45) is 5.92 Å². The van der Waals surface area contributed by atoms with Gasteiger partial charge in [0.05, 0.1) is 0 Å². The van der Waals surface area contributed by atoms with Gasteiger partial charge in [-0.05, 0) is 75.2 Å². The van der Waals surface area contributed by atoms with Gasteiger partial charge in [-0.15, -0.1) is 0 Å². The molecule has 2 aliphatic rings. The van der Waals surface area contributed by atoms with Crippen LogP contribution >= 0.6 is 0 Å². The van der Waals surface area contributed by atoms with E-state index in [2.05, 4.69) is 79.1 Å². The second-order valence-corrected chi connectivity index (χ2v) is 8.08. The fourth-order valence-corrected chi connectivity index (χ4v) is 4.32. The zero-order valence-corrected chi connectivity index (χ0v) is 16.9. The van der Waals surface area contributed by atoms with Gasteiger partial charge in [0.2, 0.25) is 0 Å². The summed E-state index contributed by atoms with van der Waals surface area (Å²) in [7, 11) is 0. The van der Waals surface area contributed by atoms with E-state index in [0.29, 0.717) is 5.92 Å². The highest BCUT2D eigenvalue weighted by atomic mass is 15.1. The number of piperidine rings is 1. The van der Waals surface area contributed by atoms with Crippen LogP contribution < -0.4 is 0 Å². The highest BCUT2D eigenvalue weighted by Gasteiger charge is 2.21. The van der Waals surface area contributed by atoms with E-state index < -0.39 is 0 Å². The molecule has 1 atom stereocenters. The quantitative estimate of drug-likeness (QED) is 0.467. The number of allylic oxidation sites excluding steroid dienone is 7. The van der Waals surface area contributed by atoms with Crippen LogP contribution in [0.3, 0.4) is 0 Å². The molecule has 1 nitrogen and oxygen atoms in total. The molecule has 27 heavy (non-hydrogen) atoms. The maximum atomic E-state index is 4.21. The first kappa shape index (κ1) is 19.9. The van der Waals surface area contributed by atoms with E-state index in [1.807, 2.05) is 0 Å². The van der Waals surface area contributed by atoms with Crippen molar-refractivity contribution in [2.75, 3.05) is 19.6 Å². The van der Waals surface area contributed by atoms with Crippen LogP contribution in [-0.2, 0) is 0 Å². The van der Waals surface area contributed by atoms with Crippen LogP contribution in [0.2, 0.25) is 0 Å². The Morgan fingerprint density at radius 3 is 2.67 bits per heavy atom. The van der Waals surface area contributed by atoms with Crippen molar-refractivity contribution in [1.29, 1.82) is 0 Å². The minimum absolute atomic E-state index is 0.489. The van der Waals surface area contributed by atoms with Crippen LogP contribution in [0, 0.1) is 5.92 Å². The third-order valence-electron chi connectivity index (χ3n) is 6.13. The molecule has 1 aromatic rings. The number of benzene rings is 1. The SMILES string of the molecule is C=C(CC)CC1CCN(CCC(C2=CC=CCC=C2)c2ccccc2)CC1. The van der Waals surface area contributed by atoms with E-state index in [4.69, 9.17) is 0 Å². The maximum Gasteiger partial charge on any atom is 0.0101 e. The molecular weight excluding hydrogens is 326 g/mol. The molecule has 0 amide bonds. The van der Waals surface area contributed by atoms with E-state index >= 15 is 0 Å². The average Bonchev–Trinajstić information content (AvgIpc) is 2.99. The van der Waals surface area contributed by atoms with Crippen molar-refractivity contribution in [3.63, 3.8) is 0 Å². The molecule has 0 bridgehead atoms. The van der Waals surface area contributed by atoms with Gasteiger partial charge in [-0.2, -0.15) is 0 Å². The minimum Gasteiger partial charge on any atom is -0.303 e. The van der Waals surface area contributed by atoms with Gasteiger partial charge >= 0.3 is 0 Å². The average molecular weight is 362 g/mol. The number of hydrogen-bond acceptors (Lipinski definition) is 1. The molecule has 1 unspecified atom stereocenters. The number of hydrogen-bond donors (Lipinski definition) is 0. The van der Waals surface area contributed by atoms with Crippen LogP contribution in [0.4, 0.5) is 0 Å². The second-order valence-electron chi connectivity index (χ2n) is 8.08. The highest BCUT2D eigenvalue weighted by molar-refractivity contribution is 5.38. The zero-order chi connectivity index (χ0) is 18.9. The molecule has 1 aliphatic heterocycles. The summed E-state index contributed by atoms with van der Waals surface area (Å²) in [5, 5.41) is 0. The molecule has 0 aromatic heterocycles. The molecule has 0 saturated carbocycles. The summed E-state index contributed by atoms with van der Waals surface area (Å²) in [5.41, 5.74) is 4.32. The Morgan fingerprint density at radius 1 is 1.15 bits per heavy atom. The monoisotopic (exact) mass is 361 g/mol. The zero-order valence-electron chi connectivity index (χ0n) is 16.9. The van der Waals surface area contributed by atoms with Gasteiger partial charge in [-0.25, -0.2) is 0 Å². The van der Waals surface area contributed by atoms with Crippen molar-refractivity contribution in [3.05, 3.63) is 84.0 Å². The molecule has 1 heterocycles. The molecule has 0 N–H and O–H groups in total. The third-order valence-corrected chi connectivity index (χ3v) is 6.13. The van der Waals surface area contributed by atoms with Crippen molar-refractivity contribution in [3.8, 4) is 0 Å². The lowest BCUT2D eigenvalue weighted by Gasteiger charge is -2.33. The Morgan fingerprint density at radius 2 is 1.93 bits per heavy atom. The Balaban J connectivity index is 1.58. The maximum absolute atomic E-state index is 4.21. The van der Waals surface area contributed by atoms with Gasteiger partial charge in [0.25, 0.3) is 0 Å². The predicted molar refractivity (Wildman–Crippen MR) is 118 cm³/mol. The summed E-state index contributed by atoms with van der Waals surface area (Å²) < 4.78 is 0. The van der Waals surface area contributed by atoms with Crippen LogP contribution in [0.1, 0.15) is 56.9 Å². The van der Waals surface area contributed by atoms with Crippen LogP contribution in [0.25, 0.3) is 0 Å². The van der Waals surface area contributed by atoms with Crippen LogP contribution in [-0.4, -0.2) is 24.5 Å². The summed E-state index contributed by atoms with van der Waals surface area (Å²) in [5.74, 6) is 1.35. The van der Waals surface area contributed by atoms with Gasteiger partial charge in [-0.3, -0.25) is 0 Å². The van der Waals surface area contributed by atoms with E-state index in [1.54, 1.807) is 0 Å². The first-order valence-corrected chi connectivity index (χ1v) is 10.7. The van der Waals surface area contributed by atoms with E-state index in [-0.39, 0.29) is 0 Å². The molecule has 144 valence electrons. The molecule has 3 rings (SSSR count). The predicted octanol–water partition coefficient (Wildman–Crippen LogP) is 6.67. The highest BCUT2D eigenvalue weighted by Crippen LogP contribution is 2.31. The summed E-state index contributed by atoms with van der Waals surface area (Å²) in [6, 6.07) is 11.0. The molecule has 1 saturated heterocycles. The van der Waals surface area contributed by atoms with Gasteiger partial charge in [-0.1, -0.05) is 79.8 Å². The standard InChI is InChI=1S/C26H35N/c1-3-22(2)21-23-15-18-27(19-16-23)20-17-26(25-13-9-6-10-14-25)24-11-7-4-5-8-12-24/h4,6-14,23,26H,2-3,5,15-21H2,1H3. The van der Waals surface area contributed by atoms with Gasteiger partial charge < -0.3 is 4.90 Å². The number of nitrogens with zero attached hydrogens (tertiary/aromatic N) is 1. The summed E-state index contributed by atoms with van der Waals surface area (Å²) in [6.07, 6.45) is 18.7. The Bertz CT molecular complexity index is 671. The Kier molecular flexibility index (Phi) is 7.71.